The Kier molecular flexibility index (Phi) is 2.71. The van der Waals surface area contributed by atoms with Crippen LogP contribution in [0.25, 0.3) is 0 Å². The number of nitrogens with two attached hydrogens (primary N) is 1. The van der Waals surface area contributed by atoms with Gasteiger partial charge in [0.2, 0.25) is 5.91 Å². The van der Waals surface area contributed by atoms with Gasteiger partial charge < -0.3 is 5.73 Å². The number of terminal acetylenes is 1. The average Bonchev–Trinajstić information content (AvgIpc) is 2.17. The highest BCUT2D eigenvalue weighted by atomic mass is 16.1. The minimum Gasteiger partial charge on any atom is -0.369 e. The predicted molar refractivity (Wildman–Crippen MR) is 52.0 cm³/mol. The van der Waals surface area contributed by atoms with Gasteiger partial charge in [-0.15, -0.1) is 6.42 Å². The molecule has 1 aromatic carbocycles. The molecule has 1 aromatic rings. The van der Waals surface area contributed by atoms with Crippen LogP contribution in [0, 0.1) is 12.3 Å². The summed E-state index contributed by atoms with van der Waals surface area (Å²) in [6.07, 6.45) is 5.19. The van der Waals surface area contributed by atoms with Crippen LogP contribution in [0.5, 0.6) is 0 Å². The van der Waals surface area contributed by atoms with E-state index in [1.807, 2.05) is 12.1 Å². The molecule has 0 aromatic heterocycles. The van der Waals surface area contributed by atoms with Crippen molar-refractivity contribution in [3.8, 4) is 12.3 Å². The largest absolute Gasteiger partial charge is 0.369 e. The number of hydrogen-bond donors (Lipinski definition) is 1. The second-order valence-corrected chi connectivity index (χ2v) is 2.89. The molecule has 1 amide bonds. The Labute approximate surface area is 77.8 Å². The van der Waals surface area contributed by atoms with Crippen molar-refractivity contribution in [2.45, 2.75) is 12.8 Å². The lowest BCUT2D eigenvalue weighted by Crippen LogP contribution is -2.18. The van der Waals surface area contributed by atoms with Gasteiger partial charge in [-0.05, 0) is 24.6 Å². The Morgan fingerprint density at radius 1 is 1.46 bits per heavy atom. The van der Waals surface area contributed by atoms with Crippen LogP contribution >= 0.6 is 0 Å². The van der Waals surface area contributed by atoms with Gasteiger partial charge in [0.05, 0.1) is 5.92 Å². The van der Waals surface area contributed by atoms with Crippen LogP contribution in [0.3, 0.4) is 0 Å². The fraction of sp³-hybridized carbons (Fsp3) is 0.182. The maximum absolute atomic E-state index is 10.8. The average molecular weight is 173 g/mol. The molecule has 1 atom stereocenters. The molecule has 66 valence electrons. The minimum atomic E-state index is -0.326. The fourth-order valence-electron chi connectivity index (χ4n) is 1.03. The maximum atomic E-state index is 10.8. The molecular weight excluding hydrogens is 162 g/mol. The van der Waals surface area contributed by atoms with Crippen molar-refractivity contribution in [2.75, 3.05) is 0 Å². The van der Waals surface area contributed by atoms with E-state index in [1.54, 1.807) is 19.1 Å². The molecule has 1 rings (SSSR count). The Hall–Kier alpha value is -1.75. The molecule has 2 N–H and O–H groups in total. The van der Waals surface area contributed by atoms with Gasteiger partial charge in [-0.3, -0.25) is 4.79 Å². The number of carbonyl (C=O) groups is 1. The summed E-state index contributed by atoms with van der Waals surface area (Å²) in [7, 11) is 0. The van der Waals surface area contributed by atoms with Crippen LogP contribution in [0.15, 0.2) is 24.3 Å². The molecule has 0 bridgehead atoms. The van der Waals surface area contributed by atoms with Crippen molar-refractivity contribution >= 4 is 5.91 Å². The zero-order chi connectivity index (χ0) is 9.84. The normalized spacial score (nSPS) is 11.7. The molecule has 0 fully saturated rings. The highest BCUT2D eigenvalue weighted by Gasteiger charge is 2.10. The summed E-state index contributed by atoms with van der Waals surface area (Å²) in [5, 5.41) is 0. The Balaban J connectivity index is 2.93. The van der Waals surface area contributed by atoms with Crippen LogP contribution < -0.4 is 5.73 Å². The van der Waals surface area contributed by atoms with Crippen LogP contribution in [0.4, 0.5) is 0 Å². The van der Waals surface area contributed by atoms with Gasteiger partial charge in [0, 0.05) is 5.56 Å². The monoisotopic (exact) mass is 173 g/mol. The van der Waals surface area contributed by atoms with Gasteiger partial charge in [0.1, 0.15) is 0 Å². The first-order chi connectivity index (χ1) is 6.15. The van der Waals surface area contributed by atoms with E-state index in [1.165, 1.54) is 0 Å². The number of amides is 1. The maximum Gasteiger partial charge on any atom is 0.224 e. The lowest BCUT2D eigenvalue weighted by molar-refractivity contribution is -0.119. The summed E-state index contributed by atoms with van der Waals surface area (Å²) in [6, 6.07) is 7.25. The van der Waals surface area contributed by atoms with Gasteiger partial charge in [-0.2, -0.15) is 0 Å². The van der Waals surface area contributed by atoms with Gasteiger partial charge in [0.15, 0.2) is 0 Å². The second-order valence-electron chi connectivity index (χ2n) is 2.89. The van der Waals surface area contributed by atoms with Crippen molar-refractivity contribution in [3.63, 3.8) is 0 Å². The molecule has 1 unspecified atom stereocenters. The third-order valence-electron chi connectivity index (χ3n) is 2.00. The van der Waals surface area contributed by atoms with E-state index in [0.29, 0.717) is 0 Å². The van der Waals surface area contributed by atoms with E-state index in [0.717, 1.165) is 11.1 Å². The Morgan fingerprint density at radius 3 is 2.38 bits per heavy atom. The van der Waals surface area contributed by atoms with E-state index in [2.05, 4.69) is 5.92 Å². The molecule has 2 heteroatoms. The molecule has 0 aliphatic rings. The van der Waals surface area contributed by atoms with Gasteiger partial charge in [0.25, 0.3) is 0 Å². The first kappa shape index (κ1) is 9.34. The number of hydrogen-bond acceptors (Lipinski definition) is 1. The minimum absolute atomic E-state index is 0.258. The Morgan fingerprint density at radius 2 is 2.00 bits per heavy atom. The molecular formula is C11H11NO. The number of benzene rings is 1. The zero-order valence-corrected chi connectivity index (χ0v) is 7.45. The summed E-state index contributed by atoms with van der Waals surface area (Å²) >= 11 is 0. The van der Waals surface area contributed by atoms with E-state index in [-0.39, 0.29) is 11.8 Å². The second kappa shape index (κ2) is 3.77. The SMILES string of the molecule is C#Cc1ccc(C(C)C(N)=O)cc1. The lowest BCUT2D eigenvalue weighted by Gasteiger charge is -2.06. The Bertz CT molecular complexity index is 345. The fourth-order valence-corrected chi connectivity index (χ4v) is 1.03. The highest BCUT2D eigenvalue weighted by Crippen LogP contribution is 2.14. The van der Waals surface area contributed by atoms with Crippen LogP contribution in [0.1, 0.15) is 24.0 Å². The predicted octanol–water partition coefficient (Wildman–Crippen LogP) is 1.26. The third-order valence-corrected chi connectivity index (χ3v) is 2.00. The lowest BCUT2D eigenvalue weighted by atomic mass is 10.00. The summed E-state index contributed by atoms with van der Waals surface area (Å²) in [5.74, 6) is 1.92. The molecule has 0 aliphatic carbocycles. The van der Waals surface area contributed by atoms with Gasteiger partial charge in [-0.1, -0.05) is 18.1 Å². The molecule has 0 spiro atoms. The van der Waals surface area contributed by atoms with Crippen LogP contribution in [-0.2, 0) is 4.79 Å². The number of carbonyl (C=O) groups excluding carboxylic acids is 1. The summed E-state index contributed by atoms with van der Waals surface area (Å²) < 4.78 is 0. The summed E-state index contributed by atoms with van der Waals surface area (Å²) in [5.41, 5.74) is 6.86. The zero-order valence-electron chi connectivity index (χ0n) is 7.45. The topological polar surface area (TPSA) is 43.1 Å². The van der Waals surface area contributed by atoms with Crippen molar-refractivity contribution in [3.05, 3.63) is 35.4 Å². The van der Waals surface area contributed by atoms with E-state index in [9.17, 15) is 4.79 Å². The van der Waals surface area contributed by atoms with Crippen molar-refractivity contribution in [1.29, 1.82) is 0 Å². The van der Waals surface area contributed by atoms with Crippen LogP contribution in [0.2, 0.25) is 0 Å². The van der Waals surface area contributed by atoms with Crippen molar-refractivity contribution < 1.29 is 4.79 Å². The first-order valence-electron chi connectivity index (χ1n) is 4.01. The molecule has 0 saturated carbocycles. The van der Waals surface area contributed by atoms with Gasteiger partial charge >= 0.3 is 0 Å². The van der Waals surface area contributed by atoms with Crippen LogP contribution in [-0.4, -0.2) is 5.91 Å². The molecule has 0 saturated heterocycles. The quantitative estimate of drug-likeness (QED) is 0.672. The standard InChI is InChI=1S/C11H11NO/c1-3-9-4-6-10(7-5-9)8(2)11(12)13/h1,4-8H,2H3,(H2,12,13). The first-order valence-corrected chi connectivity index (χ1v) is 4.01. The highest BCUT2D eigenvalue weighted by molar-refractivity contribution is 5.81. The van der Waals surface area contributed by atoms with E-state index < -0.39 is 0 Å². The summed E-state index contributed by atoms with van der Waals surface area (Å²) in [6.45, 7) is 1.77. The van der Waals surface area contributed by atoms with Gasteiger partial charge in [-0.25, -0.2) is 0 Å². The third kappa shape index (κ3) is 2.09. The van der Waals surface area contributed by atoms with Crippen molar-refractivity contribution in [2.24, 2.45) is 5.73 Å². The molecule has 0 aliphatic heterocycles. The number of rotatable bonds is 2. The molecule has 0 heterocycles. The molecule has 2 nitrogen and oxygen atoms in total. The smallest absolute Gasteiger partial charge is 0.224 e. The molecule has 13 heavy (non-hydrogen) atoms. The summed E-state index contributed by atoms with van der Waals surface area (Å²) in [4.78, 5) is 10.8. The number of primary amides is 1. The molecule has 0 radical (unpaired) electrons. The van der Waals surface area contributed by atoms with Crippen molar-refractivity contribution in [1.82, 2.24) is 0 Å². The van der Waals surface area contributed by atoms with E-state index in [4.69, 9.17) is 12.2 Å². The van der Waals surface area contributed by atoms with E-state index >= 15 is 0 Å².